The van der Waals surface area contributed by atoms with Crippen LogP contribution in [-0.4, -0.2) is 78.5 Å². The summed E-state index contributed by atoms with van der Waals surface area (Å²) >= 11 is 0. The first-order chi connectivity index (χ1) is 14.2. The molecule has 1 amide bonds. The Morgan fingerprint density at radius 3 is 2.57 bits per heavy atom. The molecule has 0 N–H and O–H groups in total. The second-order valence-electron chi connectivity index (χ2n) is 7.15. The molecular weight excluding hydrogens is 422 g/mol. The van der Waals surface area contributed by atoms with Crippen molar-refractivity contribution in [3.05, 3.63) is 47.8 Å². The number of aromatic nitrogens is 2. The van der Waals surface area contributed by atoms with Crippen molar-refractivity contribution in [2.75, 3.05) is 39.4 Å². The van der Waals surface area contributed by atoms with Crippen LogP contribution in [0.2, 0.25) is 0 Å². The van der Waals surface area contributed by atoms with Gasteiger partial charge in [-0.2, -0.15) is 9.40 Å². The molecule has 162 valence electrons. The van der Waals surface area contributed by atoms with Crippen molar-refractivity contribution in [2.24, 2.45) is 7.05 Å². The SMILES string of the molecule is Cn1cc(C(=O)N2CCOC3(C2)CN(S(=O)(=O)c2ccc(F)cc2F)CCO3)cn1. The molecule has 0 saturated carbocycles. The summed E-state index contributed by atoms with van der Waals surface area (Å²) in [6, 6.07) is 2.30. The fourth-order valence-corrected chi connectivity index (χ4v) is 5.09. The van der Waals surface area contributed by atoms with E-state index in [1.165, 1.54) is 15.8 Å². The Balaban J connectivity index is 1.55. The van der Waals surface area contributed by atoms with Gasteiger partial charge in [-0.3, -0.25) is 9.48 Å². The third-order valence-corrected chi connectivity index (χ3v) is 6.91. The zero-order valence-electron chi connectivity index (χ0n) is 16.1. The van der Waals surface area contributed by atoms with Crippen molar-refractivity contribution in [3.8, 4) is 0 Å². The van der Waals surface area contributed by atoms with E-state index in [1.54, 1.807) is 13.2 Å². The number of amides is 1. The minimum atomic E-state index is -4.26. The second-order valence-corrected chi connectivity index (χ2v) is 9.06. The minimum absolute atomic E-state index is 0.00134. The van der Waals surface area contributed by atoms with Gasteiger partial charge in [0.25, 0.3) is 5.91 Å². The Morgan fingerprint density at radius 1 is 1.17 bits per heavy atom. The first-order valence-corrected chi connectivity index (χ1v) is 10.7. The monoisotopic (exact) mass is 442 g/mol. The van der Waals surface area contributed by atoms with Crippen LogP contribution in [0, 0.1) is 11.6 Å². The summed E-state index contributed by atoms with van der Waals surface area (Å²) in [5.74, 6) is -3.70. The van der Waals surface area contributed by atoms with E-state index < -0.39 is 32.3 Å². The van der Waals surface area contributed by atoms with E-state index in [0.717, 1.165) is 16.4 Å². The van der Waals surface area contributed by atoms with E-state index >= 15 is 0 Å². The van der Waals surface area contributed by atoms with E-state index in [2.05, 4.69) is 5.10 Å². The highest BCUT2D eigenvalue weighted by Gasteiger charge is 2.46. The summed E-state index contributed by atoms with van der Waals surface area (Å²) in [5.41, 5.74) is 0.392. The third-order valence-electron chi connectivity index (χ3n) is 5.03. The summed E-state index contributed by atoms with van der Waals surface area (Å²) in [6.45, 7) is 0.183. The number of hydrogen-bond donors (Lipinski definition) is 0. The number of hydrogen-bond acceptors (Lipinski definition) is 6. The quantitative estimate of drug-likeness (QED) is 0.691. The highest BCUT2D eigenvalue weighted by atomic mass is 32.2. The number of halogens is 2. The Labute approximate surface area is 171 Å². The lowest BCUT2D eigenvalue weighted by atomic mass is 10.1. The molecule has 0 bridgehead atoms. The molecule has 0 aliphatic carbocycles. The number of benzene rings is 1. The van der Waals surface area contributed by atoms with E-state index in [-0.39, 0.29) is 38.8 Å². The number of sulfonamides is 1. The van der Waals surface area contributed by atoms with Crippen LogP contribution in [0.5, 0.6) is 0 Å². The summed E-state index contributed by atoms with van der Waals surface area (Å²) in [4.78, 5) is 13.6. The van der Waals surface area contributed by atoms with Gasteiger partial charge in [-0.25, -0.2) is 17.2 Å². The highest BCUT2D eigenvalue weighted by Crippen LogP contribution is 2.29. The largest absolute Gasteiger partial charge is 0.346 e. The number of rotatable bonds is 3. The Kier molecular flexibility index (Phi) is 5.34. The molecule has 2 saturated heterocycles. The molecule has 30 heavy (non-hydrogen) atoms. The van der Waals surface area contributed by atoms with Crippen LogP contribution >= 0.6 is 0 Å². The topological polar surface area (TPSA) is 94.0 Å². The molecule has 2 fully saturated rings. The van der Waals surface area contributed by atoms with Crippen LogP contribution in [0.4, 0.5) is 8.78 Å². The zero-order valence-corrected chi connectivity index (χ0v) is 16.9. The van der Waals surface area contributed by atoms with Crippen molar-refractivity contribution in [1.29, 1.82) is 0 Å². The summed E-state index contributed by atoms with van der Waals surface area (Å²) in [5, 5.41) is 3.99. The smallest absolute Gasteiger partial charge is 0.257 e. The molecule has 1 unspecified atom stereocenters. The van der Waals surface area contributed by atoms with Crippen LogP contribution in [0.25, 0.3) is 0 Å². The number of carbonyl (C=O) groups is 1. The molecule has 1 aromatic heterocycles. The molecule has 1 spiro atoms. The van der Waals surface area contributed by atoms with Gasteiger partial charge in [-0.05, 0) is 12.1 Å². The average Bonchev–Trinajstić information content (AvgIpc) is 3.13. The summed E-state index contributed by atoms with van der Waals surface area (Å²) in [6.07, 6.45) is 3.03. The fourth-order valence-electron chi connectivity index (χ4n) is 3.58. The summed E-state index contributed by atoms with van der Waals surface area (Å²) < 4.78 is 67.2. The van der Waals surface area contributed by atoms with Crippen LogP contribution in [0.1, 0.15) is 10.4 Å². The lowest BCUT2D eigenvalue weighted by Crippen LogP contribution is -2.63. The van der Waals surface area contributed by atoms with Crippen LogP contribution < -0.4 is 0 Å². The molecule has 0 radical (unpaired) electrons. The molecule has 12 heteroatoms. The molecule has 2 aliphatic heterocycles. The maximum absolute atomic E-state index is 14.1. The Morgan fingerprint density at radius 2 is 1.90 bits per heavy atom. The molecular formula is C18H20F2N4O5S. The summed E-state index contributed by atoms with van der Waals surface area (Å²) in [7, 11) is -2.56. The van der Waals surface area contributed by atoms with Crippen LogP contribution in [-0.2, 0) is 26.5 Å². The molecule has 1 aromatic carbocycles. The van der Waals surface area contributed by atoms with Crippen molar-refractivity contribution < 1.29 is 31.5 Å². The predicted molar refractivity (Wildman–Crippen MR) is 98.9 cm³/mol. The fraction of sp³-hybridized carbons (Fsp3) is 0.444. The molecule has 1 atom stereocenters. The zero-order chi connectivity index (χ0) is 21.5. The van der Waals surface area contributed by atoms with Crippen molar-refractivity contribution in [3.63, 3.8) is 0 Å². The van der Waals surface area contributed by atoms with Crippen molar-refractivity contribution in [1.82, 2.24) is 19.0 Å². The first-order valence-electron chi connectivity index (χ1n) is 9.21. The van der Waals surface area contributed by atoms with E-state index in [9.17, 15) is 22.0 Å². The normalized spacial score (nSPS) is 23.1. The Bertz CT molecular complexity index is 1070. The van der Waals surface area contributed by atoms with Gasteiger partial charge in [-0.15, -0.1) is 0 Å². The number of carbonyl (C=O) groups excluding carboxylic acids is 1. The highest BCUT2D eigenvalue weighted by molar-refractivity contribution is 7.89. The maximum atomic E-state index is 14.1. The molecule has 4 rings (SSSR count). The van der Waals surface area contributed by atoms with Gasteiger partial charge < -0.3 is 14.4 Å². The predicted octanol–water partition coefficient (Wildman–Crippen LogP) is 0.588. The number of nitrogens with zero attached hydrogens (tertiary/aromatic N) is 4. The van der Waals surface area contributed by atoms with Crippen molar-refractivity contribution >= 4 is 15.9 Å². The lowest BCUT2D eigenvalue weighted by Gasteiger charge is -2.46. The van der Waals surface area contributed by atoms with Gasteiger partial charge in [0, 0.05) is 32.4 Å². The maximum Gasteiger partial charge on any atom is 0.257 e. The number of ether oxygens (including phenoxy) is 2. The molecule has 2 aliphatic rings. The number of morpholine rings is 2. The first kappa shape index (κ1) is 20.8. The Hall–Kier alpha value is -2.41. The van der Waals surface area contributed by atoms with Gasteiger partial charge in [0.15, 0.2) is 5.79 Å². The van der Waals surface area contributed by atoms with Gasteiger partial charge in [0.05, 0.1) is 38.1 Å². The van der Waals surface area contributed by atoms with Crippen molar-refractivity contribution in [2.45, 2.75) is 10.7 Å². The minimum Gasteiger partial charge on any atom is -0.346 e. The van der Waals surface area contributed by atoms with Gasteiger partial charge >= 0.3 is 0 Å². The standard InChI is InChI=1S/C18H20F2N4O5S/c1-22-10-13(9-21-22)17(25)23-4-6-28-18(11-23)12-24(5-7-29-18)30(26,27)16-3-2-14(19)8-15(16)20/h2-3,8-10H,4-7,11-12H2,1H3. The van der Waals surface area contributed by atoms with Crippen LogP contribution in [0.15, 0.2) is 35.5 Å². The van der Waals surface area contributed by atoms with E-state index in [1.807, 2.05) is 0 Å². The second kappa shape index (κ2) is 7.69. The lowest BCUT2D eigenvalue weighted by molar-refractivity contribution is -0.279. The molecule has 9 nitrogen and oxygen atoms in total. The van der Waals surface area contributed by atoms with Gasteiger partial charge in [0.1, 0.15) is 16.5 Å². The molecule has 2 aromatic rings. The van der Waals surface area contributed by atoms with Gasteiger partial charge in [0.2, 0.25) is 10.0 Å². The number of aryl methyl sites for hydroxylation is 1. The molecule has 3 heterocycles. The average molecular weight is 442 g/mol. The van der Waals surface area contributed by atoms with E-state index in [0.29, 0.717) is 18.2 Å². The van der Waals surface area contributed by atoms with Gasteiger partial charge in [-0.1, -0.05) is 0 Å². The van der Waals surface area contributed by atoms with Crippen LogP contribution in [0.3, 0.4) is 0 Å². The third kappa shape index (κ3) is 3.83. The van der Waals surface area contributed by atoms with E-state index in [4.69, 9.17) is 9.47 Å².